The van der Waals surface area contributed by atoms with Crippen LogP contribution in [-0.4, -0.2) is 53.5 Å². The highest BCUT2D eigenvalue weighted by molar-refractivity contribution is 5.84. The number of benzene rings is 2. The van der Waals surface area contributed by atoms with E-state index in [1.165, 1.54) is 29.2 Å². The van der Waals surface area contributed by atoms with Gasteiger partial charge in [0.1, 0.15) is 6.61 Å². The van der Waals surface area contributed by atoms with E-state index in [1.54, 1.807) is 0 Å². The van der Waals surface area contributed by atoms with Crippen LogP contribution in [0.4, 0.5) is 4.79 Å². The minimum absolute atomic E-state index is 0.0386. The van der Waals surface area contributed by atoms with Crippen molar-refractivity contribution >= 4 is 18.0 Å². The maximum absolute atomic E-state index is 12.2. The molecule has 0 saturated carbocycles. The predicted molar refractivity (Wildman–Crippen MR) is 132 cm³/mol. The van der Waals surface area contributed by atoms with Crippen molar-refractivity contribution in [3.63, 3.8) is 0 Å². The summed E-state index contributed by atoms with van der Waals surface area (Å²) in [5.41, 5.74) is 4.75. The summed E-state index contributed by atoms with van der Waals surface area (Å²) in [6.07, 6.45) is 2.71. The molecule has 4 N–H and O–H groups in total. The number of nitrogens with one attached hydrogen (secondary N) is 2. The molecule has 0 radical (unpaired) electrons. The van der Waals surface area contributed by atoms with Crippen LogP contribution < -0.4 is 10.6 Å². The first-order valence-corrected chi connectivity index (χ1v) is 12.2. The van der Waals surface area contributed by atoms with E-state index in [-0.39, 0.29) is 18.2 Å². The fraction of sp³-hybridized carbons (Fsp3) is 0.444. The number of unbranched alkanes of at least 4 members (excludes halogenated alkanes) is 4. The molecule has 0 fully saturated rings. The SMILES string of the molecule is C[C@@H](O)[C@H](NC(=O)CCCCCCCNC(=O)OCC1c2ccccc2-c2ccccc21)C(=O)O. The number of aliphatic carboxylic acids is 1. The molecule has 0 spiro atoms. The van der Waals surface area contributed by atoms with Gasteiger partial charge in [0.25, 0.3) is 0 Å². The lowest BCUT2D eigenvalue weighted by atomic mass is 9.98. The van der Waals surface area contributed by atoms with Crippen molar-refractivity contribution in [2.75, 3.05) is 13.2 Å². The average Bonchev–Trinajstić information content (AvgIpc) is 3.16. The van der Waals surface area contributed by atoms with Crippen LogP contribution in [-0.2, 0) is 14.3 Å². The molecule has 35 heavy (non-hydrogen) atoms. The van der Waals surface area contributed by atoms with Crippen LogP contribution in [0.3, 0.4) is 0 Å². The van der Waals surface area contributed by atoms with Crippen molar-refractivity contribution in [3.05, 3.63) is 59.7 Å². The number of aliphatic hydroxyl groups is 1. The molecule has 8 heteroatoms. The lowest BCUT2D eigenvalue weighted by Crippen LogP contribution is -2.47. The zero-order chi connectivity index (χ0) is 25.2. The van der Waals surface area contributed by atoms with Gasteiger partial charge in [-0.3, -0.25) is 4.79 Å². The molecule has 188 valence electrons. The summed E-state index contributed by atoms with van der Waals surface area (Å²) in [6.45, 7) is 2.14. The Labute approximate surface area is 205 Å². The van der Waals surface area contributed by atoms with E-state index < -0.39 is 24.2 Å². The molecule has 2 aromatic rings. The van der Waals surface area contributed by atoms with Gasteiger partial charge in [-0.05, 0) is 42.0 Å². The van der Waals surface area contributed by atoms with Crippen molar-refractivity contribution < 1.29 is 29.3 Å². The standard InChI is InChI=1S/C27H34N2O6/c1-18(30)25(26(32)33)29-24(31)15-5-3-2-4-10-16-28-27(34)35-17-23-21-13-8-6-11-19(21)20-12-7-9-14-22(20)23/h6-9,11-14,18,23,25,30H,2-5,10,15-17H2,1H3,(H,28,34)(H,29,31)(H,32,33)/t18-,25+/m1/s1. The molecule has 8 nitrogen and oxygen atoms in total. The van der Waals surface area contributed by atoms with Gasteiger partial charge in [0.15, 0.2) is 6.04 Å². The number of carboxylic acid groups (broad SMARTS) is 1. The Hall–Kier alpha value is -3.39. The van der Waals surface area contributed by atoms with E-state index in [9.17, 15) is 19.5 Å². The van der Waals surface area contributed by atoms with Gasteiger partial charge in [-0.15, -0.1) is 0 Å². The number of carbonyl (C=O) groups is 3. The van der Waals surface area contributed by atoms with Crippen LogP contribution in [0.5, 0.6) is 0 Å². The molecule has 0 unspecified atom stereocenters. The molecule has 1 aliphatic rings. The molecule has 0 bridgehead atoms. The lowest BCUT2D eigenvalue weighted by molar-refractivity contribution is -0.144. The quantitative estimate of drug-likeness (QED) is 0.322. The van der Waals surface area contributed by atoms with Gasteiger partial charge in [0.2, 0.25) is 5.91 Å². The van der Waals surface area contributed by atoms with E-state index in [0.29, 0.717) is 19.6 Å². The zero-order valence-corrected chi connectivity index (χ0v) is 20.0. The second-order valence-electron chi connectivity index (χ2n) is 8.89. The Morgan fingerprint density at radius 1 is 0.914 bits per heavy atom. The van der Waals surface area contributed by atoms with Gasteiger partial charge in [-0.1, -0.05) is 67.8 Å². The van der Waals surface area contributed by atoms with Gasteiger partial charge in [0.05, 0.1) is 6.10 Å². The van der Waals surface area contributed by atoms with Crippen molar-refractivity contribution in [2.45, 2.75) is 63.5 Å². The third kappa shape index (κ3) is 7.29. The Kier molecular flexibility index (Phi) is 9.66. The summed E-state index contributed by atoms with van der Waals surface area (Å²) in [6, 6.07) is 15.1. The summed E-state index contributed by atoms with van der Waals surface area (Å²) >= 11 is 0. The van der Waals surface area contributed by atoms with Crippen molar-refractivity contribution in [3.8, 4) is 11.1 Å². The number of fused-ring (bicyclic) bond motifs is 3. The van der Waals surface area contributed by atoms with Crippen molar-refractivity contribution in [1.82, 2.24) is 10.6 Å². The maximum Gasteiger partial charge on any atom is 0.407 e. The minimum Gasteiger partial charge on any atom is -0.480 e. The molecule has 2 amide bonds. The zero-order valence-electron chi connectivity index (χ0n) is 20.0. The topological polar surface area (TPSA) is 125 Å². The molecule has 0 aliphatic heterocycles. The van der Waals surface area contributed by atoms with Crippen LogP contribution in [0.15, 0.2) is 48.5 Å². The fourth-order valence-corrected chi connectivity index (χ4v) is 4.42. The smallest absolute Gasteiger partial charge is 0.407 e. The summed E-state index contributed by atoms with van der Waals surface area (Å²) < 4.78 is 5.52. The second kappa shape index (κ2) is 12.9. The Bertz CT molecular complexity index is 977. The number of aliphatic hydroxyl groups excluding tert-OH is 1. The van der Waals surface area contributed by atoms with Gasteiger partial charge in [-0.2, -0.15) is 0 Å². The van der Waals surface area contributed by atoms with Crippen molar-refractivity contribution in [2.24, 2.45) is 0 Å². The molecular weight excluding hydrogens is 448 g/mol. The van der Waals surface area contributed by atoms with Crippen LogP contribution in [0.1, 0.15) is 62.5 Å². The maximum atomic E-state index is 12.2. The Morgan fingerprint density at radius 2 is 1.49 bits per heavy atom. The highest BCUT2D eigenvalue weighted by Crippen LogP contribution is 2.44. The molecule has 0 heterocycles. The van der Waals surface area contributed by atoms with Gasteiger partial charge < -0.3 is 25.6 Å². The first-order valence-electron chi connectivity index (χ1n) is 12.2. The molecule has 0 aromatic heterocycles. The monoisotopic (exact) mass is 482 g/mol. The van der Waals surface area contributed by atoms with Crippen LogP contribution in [0.2, 0.25) is 0 Å². The molecule has 2 aromatic carbocycles. The van der Waals surface area contributed by atoms with Crippen LogP contribution >= 0.6 is 0 Å². The Balaban J connectivity index is 1.27. The predicted octanol–water partition coefficient (Wildman–Crippen LogP) is 3.82. The van der Waals surface area contributed by atoms with Crippen LogP contribution in [0, 0.1) is 0 Å². The third-order valence-electron chi connectivity index (χ3n) is 6.26. The molecule has 3 rings (SSSR count). The lowest BCUT2D eigenvalue weighted by Gasteiger charge is -2.16. The number of ether oxygens (including phenoxy) is 1. The highest BCUT2D eigenvalue weighted by Gasteiger charge is 2.29. The van der Waals surface area contributed by atoms with Crippen molar-refractivity contribution in [1.29, 1.82) is 0 Å². The number of rotatable bonds is 13. The molecular formula is C27H34N2O6. The van der Waals surface area contributed by atoms with Gasteiger partial charge in [0, 0.05) is 18.9 Å². The van der Waals surface area contributed by atoms with E-state index in [1.807, 2.05) is 24.3 Å². The second-order valence-corrected chi connectivity index (χ2v) is 8.89. The summed E-state index contributed by atoms with van der Waals surface area (Å²) in [5.74, 6) is -1.59. The van der Waals surface area contributed by atoms with E-state index in [2.05, 4.69) is 34.9 Å². The van der Waals surface area contributed by atoms with Gasteiger partial charge >= 0.3 is 12.1 Å². The number of carboxylic acids is 1. The van der Waals surface area contributed by atoms with Crippen LogP contribution in [0.25, 0.3) is 11.1 Å². The van der Waals surface area contributed by atoms with E-state index >= 15 is 0 Å². The minimum atomic E-state index is -1.29. The van der Waals surface area contributed by atoms with Gasteiger partial charge in [-0.25, -0.2) is 9.59 Å². The number of amides is 2. The average molecular weight is 483 g/mol. The highest BCUT2D eigenvalue weighted by atomic mass is 16.5. The first kappa shape index (κ1) is 26.2. The van der Waals surface area contributed by atoms with E-state index in [4.69, 9.17) is 9.84 Å². The number of hydrogen-bond acceptors (Lipinski definition) is 5. The summed E-state index contributed by atoms with van der Waals surface area (Å²) in [5, 5.41) is 23.5. The largest absolute Gasteiger partial charge is 0.480 e. The molecule has 1 aliphatic carbocycles. The normalized spacial score (nSPS) is 13.9. The Morgan fingerprint density at radius 3 is 2.09 bits per heavy atom. The van der Waals surface area contributed by atoms with E-state index in [0.717, 1.165) is 25.7 Å². The number of hydrogen-bond donors (Lipinski definition) is 4. The summed E-state index contributed by atoms with van der Waals surface area (Å²) in [4.78, 5) is 35.0. The number of carbonyl (C=O) groups excluding carboxylic acids is 2. The first-order chi connectivity index (χ1) is 16.9. The molecule has 2 atom stereocenters. The summed E-state index contributed by atoms with van der Waals surface area (Å²) in [7, 11) is 0. The number of alkyl carbamates (subject to hydrolysis) is 1. The fourth-order valence-electron chi connectivity index (χ4n) is 4.42. The third-order valence-corrected chi connectivity index (χ3v) is 6.26. The molecule has 0 saturated heterocycles.